The van der Waals surface area contributed by atoms with Crippen LogP contribution in [0.2, 0.25) is 0 Å². The van der Waals surface area contributed by atoms with Crippen molar-refractivity contribution < 1.29 is 9.18 Å². The molecular formula is C26H35FN4O. The third-order valence-electron chi connectivity index (χ3n) is 5.37. The van der Waals surface area contributed by atoms with Gasteiger partial charge in [-0.1, -0.05) is 39.8 Å². The van der Waals surface area contributed by atoms with E-state index in [4.69, 9.17) is 4.98 Å². The summed E-state index contributed by atoms with van der Waals surface area (Å²) in [5.74, 6) is 0.583. The summed E-state index contributed by atoms with van der Waals surface area (Å²) in [4.78, 5) is 20.0. The molecule has 32 heavy (non-hydrogen) atoms. The van der Waals surface area contributed by atoms with Crippen LogP contribution in [0.4, 0.5) is 4.39 Å². The summed E-state index contributed by atoms with van der Waals surface area (Å²) < 4.78 is 16.0. The number of hydrogen-bond acceptors (Lipinski definition) is 3. The molecule has 0 aliphatic heterocycles. The average molecular weight is 439 g/mol. The first-order valence-electron chi connectivity index (χ1n) is 11.7. The van der Waals surface area contributed by atoms with Crippen molar-refractivity contribution in [3.05, 3.63) is 65.2 Å². The summed E-state index contributed by atoms with van der Waals surface area (Å²) in [5.41, 5.74) is 3.61. The lowest BCUT2D eigenvalue weighted by Gasteiger charge is -2.25. The minimum Gasteiger partial charge on any atom is -0.331 e. The Balaban J connectivity index is 1.93. The van der Waals surface area contributed by atoms with Crippen molar-refractivity contribution >= 4 is 16.9 Å². The maximum atomic E-state index is 13.7. The van der Waals surface area contributed by atoms with E-state index in [1.807, 2.05) is 0 Å². The Morgan fingerprint density at radius 1 is 1.16 bits per heavy atom. The monoisotopic (exact) mass is 438 g/mol. The zero-order valence-electron chi connectivity index (χ0n) is 19.7. The predicted molar refractivity (Wildman–Crippen MR) is 128 cm³/mol. The molecule has 172 valence electrons. The molecule has 1 aromatic heterocycles. The molecule has 2 aromatic carbocycles. The van der Waals surface area contributed by atoms with Gasteiger partial charge in [0.2, 0.25) is 0 Å². The fourth-order valence-electron chi connectivity index (χ4n) is 3.97. The minimum absolute atomic E-state index is 0.169. The van der Waals surface area contributed by atoms with Gasteiger partial charge in [0.25, 0.3) is 5.91 Å². The van der Waals surface area contributed by atoms with E-state index in [2.05, 4.69) is 55.8 Å². The molecule has 0 aliphatic rings. The Bertz CT molecular complexity index is 1040. The number of aromatic nitrogens is 2. The number of carbonyl (C=O) groups excluding carboxylic acids is 1. The fourth-order valence-corrected chi connectivity index (χ4v) is 3.97. The van der Waals surface area contributed by atoms with Crippen LogP contribution in [-0.4, -0.2) is 33.4 Å². The van der Waals surface area contributed by atoms with E-state index in [0.717, 1.165) is 49.3 Å². The second-order valence-electron chi connectivity index (χ2n) is 8.77. The molecule has 1 amide bonds. The van der Waals surface area contributed by atoms with Crippen LogP contribution in [-0.2, 0) is 19.6 Å². The highest BCUT2D eigenvalue weighted by Gasteiger charge is 2.21. The third kappa shape index (κ3) is 5.94. The first kappa shape index (κ1) is 23.9. The van der Waals surface area contributed by atoms with Crippen LogP contribution in [0.15, 0.2) is 42.5 Å². The van der Waals surface area contributed by atoms with Gasteiger partial charge in [0.15, 0.2) is 0 Å². The number of amides is 1. The standard InChI is InChI=1S/C26H35FN4O/c1-5-12-28-16-20-10-11-24-23(14-20)29-25(31(24)13-6-2)18-30(17-19(3)4)26(32)21-8-7-9-22(27)15-21/h7-11,14-15,19,28H,5-6,12-13,16-18H2,1-4H3. The van der Waals surface area contributed by atoms with E-state index < -0.39 is 5.82 Å². The highest BCUT2D eigenvalue weighted by Crippen LogP contribution is 2.21. The molecule has 0 unspecified atom stereocenters. The lowest BCUT2D eigenvalue weighted by Crippen LogP contribution is -2.34. The van der Waals surface area contributed by atoms with E-state index in [0.29, 0.717) is 18.7 Å². The maximum Gasteiger partial charge on any atom is 0.254 e. The van der Waals surface area contributed by atoms with Gasteiger partial charge < -0.3 is 14.8 Å². The molecular weight excluding hydrogens is 403 g/mol. The minimum atomic E-state index is -0.400. The first-order chi connectivity index (χ1) is 15.4. The number of nitrogens with zero attached hydrogens (tertiary/aromatic N) is 3. The van der Waals surface area contributed by atoms with Crippen LogP contribution in [0.3, 0.4) is 0 Å². The Labute approximate surface area is 190 Å². The van der Waals surface area contributed by atoms with E-state index in [1.54, 1.807) is 17.0 Å². The third-order valence-corrected chi connectivity index (χ3v) is 5.37. The van der Waals surface area contributed by atoms with E-state index in [1.165, 1.54) is 17.7 Å². The summed E-state index contributed by atoms with van der Waals surface area (Å²) in [5, 5.41) is 3.44. The van der Waals surface area contributed by atoms with Crippen molar-refractivity contribution in [3.8, 4) is 0 Å². The van der Waals surface area contributed by atoms with Gasteiger partial charge in [-0.05, 0) is 61.2 Å². The molecule has 0 bridgehead atoms. The molecule has 0 spiro atoms. The molecule has 3 rings (SSSR count). The van der Waals surface area contributed by atoms with E-state index in [9.17, 15) is 9.18 Å². The van der Waals surface area contributed by atoms with Crippen LogP contribution in [0.5, 0.6) is 0 Å². The number of rotatable bonds is 11. The first-order valence-corrected chi connectivity index (χ1v) is 11.7. The number of hydrogen-bond donors (Lipinski definition) is 1. The van der Waals surface area contributed by atoms with Crippen molar-refractivity contribution in [1.29, 1.82) is 0 Å². The molecule has 0 fully saturated rings. The Morgan fingerprint density at radius 2 is 1.97 bits per heavy atom. The van der Waals surface area contributed by atoms with Gasteiger partial charge in [0, 0.05) is 25.2 Å². The van der Waals surface area contributed by atoms with Gasteiger partial charge in [0.05, 0.1) is 17.6 Å². The molecule has 0 aliphatic carbocycles. The number of carbonyl (C=O) groups is 1. The Morgan fingerprint density at radius 3 is 2.66 bits per heavy atom. The van der Waals surface area contributed by atoms with Crippen LogP contribution in [0, 0.1) is 11.7 Å². The maximum absolute atomic E-state index is 13.7. The summed E-state index contributed by atoms with van der Waals surface area (Å²) in [7, 11) is 0. The lowest BCUT2D eigenvalue weighted by molar-refractivity contribution is 0.0715. The molecule has 1 heterocycles. The molecule has 1 N–H and O–H groups in total. The molecule has 0 saturated carbocycles. The summed E-state index contributed by atoms with van der Waals surface area (Å²) in [6.45, 7) is 12.1. The van der Waals surface area contributed by atoms with Crippen molar-refractivity contribution in [2.75, 3.05) is 13.1 Å². The molecule has 0 radical (unpaired) electrons. The van der Waals surface area contributed by atoms with E-state index in [-0.39, 0.29) is 11.8 Å². The molecule has 5 nitrogen and oxygen atoms in total. The van der Waals surface area contributed by atoms with Crippen molar-refractivity contribution in [1.82, 2.24) is 19.8 Å². The zero-order valence-corrected chi connectivity index (χ0v) is 19.7. The highest BCUT2D eigenvalue weighted by atomic mass is 19.1. The largest absolute Gasteiger partial charge is 0.331 e. The van der Waals surface area contributed by atoms with Gasteiger partial charge >= 0.3 is 0 Å². The average Bonchev–Trinajstić information content (AvgIpc) is 3.09. The number of fused-ring (bicyclic) bond motifs is 1. The smallest absolute Gasteiger partial charge is 0.254 e. The van der Waals surface area contributed by atoms with Crippen molar-refractivity contribution in [2.45, 2.75) is 60.2 Å². The topological polar surface area (TPSA) is 50.2 Å². The van der Waals surface area contributed by atoms with Gasteiger partial charge in [-0.2, -0.15) is 0 Å². The number of aryl methyl sites for hydroxylation is 1. The van der Waals surface area contributed by atoms with Gasteiger partial charge in [-0.15, -0.1) is 0 Å². The van der Waals surface area contributed by atoms with Gasteiger partial charge in [-0.3, -0.25) is 4.79 Å². The number of imidazole rings is 1. The summed E-state index contributed by atoms with van der Waals surface area (Å²) in [6, 6.07) is 12.3. The molecule has 6 heteroatoms. The molecule has 0 atom stereocenters. The van der Waals surface area contributed by atoms with Gasteiger partial charge in [-0.25, -0.2) is 9.37 Å². The Hall–Kier alpha value is -2.73. The van der Waals surface area contributed by atoms with Crippen LogP contribution in [0.25, 0.3) is 11.0 Å². The Kier molecular flexibility index (Phi) is 8.39. The normalized spacial score (nSPS) is 11.4. The quantitative estimate of drug-likeness (QED) is 0.409. The molecule has 3 aromatic rings. The predicted octanol–water partition coefficient (Wildman–Crippen LogP) is 5.38. The van der Waals surface area contributed by atoms with Crippen molar-refractivity contribution in [3.63, 3.8) is 0 Å². The molecule has 0 saturated heterocycles. The SMILES string of the molecule is CCCNCc1ccc2c(c1)nc(CN(CC(C)C)C(=O)c1cccc(F)c1)n2CCC. The summed E-state index contributed by atoms with van der Waals surface area (Å²) >= 11 is 0. The van der Waals surface area contributed by atoms with Crippen LogP contribution in [0.1, 0.15) is 62.3 Å². The lowest BCUT2D eigenvalue weighted by atomic mass is 10.1. The zero-order chi connectivity index (χ0) is 23.1. The summed E-state index contributed by atoms with van der Waals surface area (Å²) in [6.07, 6.45) is 2.07. The fraction of sp³-hybridized carbons (Fsp3) is 0.462. The van der Waals surface area contributed by atoms with Crippen molar-refractivity contribution in [2.24, 2.45) is 5.92 Å². The number of halogens is 1. The van der Waals surface area contributed by atoms with E-state index >= 15 is 0 Å². The van der Waals surface area contributed by atoms with Crippen LogP contribution >= 0.6 is 0 Å². The van der Waals surface area contributed by atoms with Gasteiger partial charge in [0.1, 0.15) is 11.6 Å². The van der Waals surface area contributed by atoms with Crippen LogP contribution < -0.4 is 5.32 Å². The second kappa shape index (κ2) is 11.2. The second-order valence-corrected chi connectivity index (χ2v) is 8.77. The number of nitrogens with one attached hydrogen (secondary N) is 1. The number of benzene rings is 2. The highest BCUT2D eigenvalue weighted by molar-refractivity contribution is 5.94.